The van der Waals surface area contributed by atoms with Crippen LogP contribution in [0.3, 0.4) is 0 Å². The van der Waals surface area contributed by atoms with Crippen molar-refractivity contribution in [2.75, 3.05) is 11.9 Å². The van der Waals surface area contributed by atoms with Crippen molar-refractivity contribution in [3.8, 4) is 0 Å². The van der Waals surface area contributed by atoms with E-state index in [2.05, 4.69) is 15.3 Å². The Balaban J connectivity index is 2.68. The highest BCUT2D eigenvalue weighted by atomic mass is 16.6. The van der Waals surface area contributed by atoms with Crippen molar-refractivity contribution in [1.29, 1.82) is 0 Å². The summed E-state index contributed by atoms with van der Waals surface area (Å²) in [7, 11) is 0. The normalized spacial score (nSPS) is 12.1. The van der Waals surface area contributed by atoms with Crippen molar-refractivity contribution in [3.05, 3.63) is 22.5 Å². The van der Waals surface area contributed by atoms with Gasteiger partial charge in [-0.15, -0.1) is 0 Å². The van der Waals surface area contributed by atoms with Gasteiger partial charge in [-0.1, -0.05) is 0 Å². The van der Waals surface area contributed by atoms with Gasteiger partial charge in [-0.05, 0) is 6.92 Å². The predicted octanol–water partition coefficient (Wildman–Crippen LogP) is 0.177. The van der Waals surface area contributed by atoms with Crippen LogP contribution in [0, 0.1) is 10.1 Å². The number of rotatable bonds is 4. The van der Waals surface area contributed by atoms with Crippen LogP contribution >= 0.6 is 0 Å². The van der Waals surface area contributed by atoms with Gasteiger partial charge in [0, 0.05) is 6.04 Å². The molecule has 7 nitrogen and oxygen atoms in total. The standard InChI is InChI=1S/C7H10N4O3/c1-5(4-12)10-7-8-2-6(3-9-7)11(13)14/h2-3,5,12H,4H2,1H3,(H,8,9,10)/t5-/m1/s1. The molecule has 0 aliphatic carbocycles. The lowest BCUT2D eigenvalue weighted by Gasteiger charge is -2.08. The Morgan fingerprint density at radius 1 is 1.64 bits per heavy atom. The van der Waals surface area contributed by atoms with Crippen LogP contribution in [0.2, 0.25) is 0 Å². The maximum absolute atomic E-state index is 10.3. The molecular formula is C7H10N4O3. The molecular weight excluding hydrogens is 188 g/mol. The van der Waals surface area contributed by atoms with E-state index in [1.54, 1.807) is 6.92 Å². The number of aromatic nitrogens is 2. The van der Waals surface area contributed by atoms with Crippen molar-refractivity contribution in [2.45, 2.75) is 13.0 Å². The van der Waals surface area contributed by atoms with E-state index in [4.69, 9.17) is 5.11 Å². The number of aliphatic hydroxyl groups excluding tert-OH is 1. The third-order valence-electron chi connectivity index (χ3n) is 1.50. The maximum Gasteiger partial charge on any atom is 0.305 e. The Morgan fingerprint density at radius 3 is 2.64 bits per heavy atom. The van der Waals surface area contributed by atoms with E-state index in [0.717, 1.165) is 12.4 Å². The molecule has 0 fully saturated rings. The highest BCUT2D eigenvalue weighted by Gasteiger charge is 2.07. The molecule has 0 aliphatic heterocycles. The lowest BCUT2D eigenvalue weighted by molar-refractivity contribution is -0.385. The molecule has 0 radical (unpaired) electrons. The molecule has 1 atom stereocenters. The number of anilines is 1. The number of hydrogen-bond donors (Lipinski definition) is 2. The third kappa shape index (κ3) is 2.63. The molecule has 1 aromatic rings. The monoisotopic (exact) mass is 198 g/mol. The van der Waals surface area contributed by atoms with E-state index in [1.807, 2.05) is 0 Å². The second-order valence-electron chi connectivity index (χ2n) is 2.75. The molecule has 0 aliphatic rings. The predicted molar refractivity (Wildman–Crippen MR) is 48.9 cm³/mol. The van der Waals surface area contributed by atoms with Crippen molar-refractivity contribution in [3.63, 3.8) is 0 Å². The van der Waals surface area contributed by atoms with E-state index in [-0.39, 0.29) is 24.3 Å². The van der Waals surface area contributed by atoms with Gasteiger partial charge in [-0.3, -0.25) is 10.1 Å². The molecule has 0 unspecified atom stereocenters. The molecule has 76 valence electrons. The Bertz CT molecular complexity index is 313. The second kappa shape index (κ2) is 4.47. The smallest absolute Gasteiger partial charge is 0.305 e. The Kier molecular flexibility index (Phi) is 3.29. The van der Waals surface area contributed by atoms with Crippen molar-refractivity contribution in [2.24, 2.45) is 0 Å². The average molecular weight is 198 g/mol. The molecule has 1 aromatic heterocycles. The highest BCUT2D eigenvalue weighted by Crippen LogP contribution is 2.08. The summed E-state index contributed by atoms with van der Waals surface area (Å²) in [6, 6.07) is -0.184. The molecule has 0 saturated carbocycles. The fourth-order valence-electron chi connectivity index (χ4n) is 0.756. The summed E-state index contributed by atoms with van der Waals surface area (Å²) < 4.78 is 0. The fraction of sp³-hybridized carbons (Fsp3) is 0.429. The summed E-state index contributed by atoms with van der Waals surface area (Å²) in [5, 5.41) is 21.7. The van der Waals surface area contributed by atoms with Crippen molar-refractivity contribution < 1.29 is 10.0 Å². The molecule has 1 rings (SSSR count). The third-order valence-corrected chi connectivity index (χ3v) is 1.50. The Labute approximate surface area is 80.0 Å². The van der Waals surface area contributed by atoms with Crippen LogP contribution in [0.5, 0.6) is 0 Å². The first-order chi connectivity index (χ1) is 6.63. The van der Waals surface area contributed by atoms with Crippen LogP contribution < -0.4 is 5.32 Å². The van der Waals surface area contributed by atoms with Gasteiger partial charge in [0.25, 0.3) is 0 Å². The van der Waals surface area contributed by atoms with Crippen LogP contribution in [0.4, 0.5) is 11.6 Å². The molecule has 0 bridgehead atoms. The van der Waals surface area contributed by atoms with Crippen LogP contribution in [0.25, 0.3) is 0 Å². The SMILES string of the molecule is C[C@H](CO)Nc1ncc([N+](=O)[O-])cn1. The minimum Gasteiger partial charge on any atom is -0.394 e. The number of nitrogens with zero attached hydrogens (tertiary/aromatic N) is 3. The number of hydrogen-bond acceptors (Lipinski definition) is 6. The van der Waals surface area contributed by atoms with Crippen LogP contribution in [-0.4, -0.2) is 32.6 Å². The molecule has 0 saturated heterocycles. The van der Waals surface area contributed by atoms with E-state index >= 15 is 0 Å². The van der Waals surface area contributed by atoms with E-state index in [0.29, 0.717) is 0 Å². The maximum atomic E-state index is 10.3. The second-order valence-corrected chi connectivity index (χ2v) is 2.75. The Morgan fingerprint density at radius 2 is 2.21 bits per heavy atom. The molecule has 1 heterocycles. The first kappa shape index (κ1) is 10.3. The lowest BCUT2D eigenvalue weighted by Crippen LogP contribution is -2.20. The quantitative estimate of drug-likeness (QED) is 0.528. The summed E-state index contributed by atoms with van der Waals surface area (Å²) in [6.07, 6.45) is 2.22. The molecule has 0 spiro atoms. The number of nitro groups is 1. The summed E-state index contributed by atoms with van der Waals surface area (Å²) in [4.78, 5) is 17.1. The van der Waals surface area contributed by atoms with Gasteiger partial charge in [-0.2, -0.15) is 0 Å². The minimum absolute atomic E-state index is 0.0552. The van der Waals surface area contributed by atoms with Crippen molar-refractivity contribution >= 4 is 11.6 Å². The first-order valence-corrected chi connectivity index (χ1v) is 3.97. The molecule has 14 heavy (non-hydrogen) atoms. The topological polar surface area (TPSA) is 101 Å². The van der Waals surface area contributed by atoms with Crippen molar-refractivity contribution in [1.82, 2.24) is 9.97 Å². The molecule has 0 aromatic carbocycles. The number of aliphatic hydroxyl groups is 1. The zero-order valence-corrected chi connectivity index (χ0v) is 7.54. The molecule has 7 heteroatoms. The summed E-state index contributed by atoms with van der Waals surface area (Å²) >= 11 is 0. The van der Waals surface area contributed by atoms with Crippen LogP contribution in [0.1, 0.15) is 6.92 Å². The highest BCUT2D eigenvalue weighted by molar-refractivity contribution is 5.31. The Hall–Kier alpha value is -1.76. The van der Waals surface area contributed by atoms with Gasteiger partial charge in [0.1, 0.15) is 12.4 Å². The fourth-order valence-corrected chi connectivity index (χ4v) is 0.756. The van der Waals surface area contributed by atoms with Crippen LogP contribution in [0.15, 0.2) is 12.4 Å². The molecule has 0 amide bonds. The van der Waals surface area contributed by atoms with E-state index in [1.165, 1.54) is 0 Å². The van der Waals surface area contributed by atoms with Gasteiger partial charge in [0.05, 0.1) is 11.5 Å². The lowest BCUT2D eigenvalue weighted by atomic mass is 10.4. The average Bonchev–Trinajstić information content (AvgIpc) is 2.18. The zero-order valence-electron chi connectivity index (χ0n) is 7.54. The zero-order chi connectivity index (χ0) is 10.6. The minimum atomic E-state index is -0.570. The van der Waals surface area contributed by atoms with Crippen LogP contribution in [-0.2, 0) is 0 Å². The summed E-state index contributed by atoms with van der Waals surface area (Å²) in [5.41, 5.74) is -0.160. The van der Waals surface area contributed by atoms with E-state index < -0.39 is 4.92 Å². The molecule has 2 N–H and O–H groups in total. The van der Waals surface area contributed by atoms with Gasteiger partial charge in [-0.25, -0.2) is 9.97 Å². The van der Waals surface area contributed by atoms with Gasteiger partial charge in [0.2, 0.25) is 5.95 Å². The van der Waals surface area contributed by atoms with Gasteiger partial charge in [0.15, 0.2) is 0 Å². The van der Waals surface area contributed by atoms with Gasteiger partial charge < -0.3 is 10.4 Å². The first-order valence-electron chi connectivity index (χ1n) is 3.97. The summed E-state index contributed by atoms with van der Waals surface area (Å²) in [6.45, 7) is 1.69. The number of nitrogens with one attached hydrogen (secondary N) is 1. The largest absolute Gasteiger partial charge is 0.394 e. The van der Waals surface area contributed by atoms with Gasteiger partial charge >= 0.3 is 5.69 Å². The summed E-state index contributed by atoms with van der Waals surface area (Å²) in [5.74, 6) is 0.261. The van der Waals surface area contributed by atoms with E-state index in [9.17, 15) is 10.1 Å².